The number of hydrogen-bond acceptors (Lipinski definition) is 3. The summed E-state index contributed by atoms with van der Waals surface area (Å²) in [6.07, 6.45) is 4.09. The highest BCUT2D eigenvalue weighted by molar-refractivity contribution is 5.82. The summed E-state index contributed by atoms with van der Waals surface area (Å²) in [5.74, 6) is 0.159. The number of nitrogens with two attached hydrogens (primary N) is 1. The number of piperidine rings is 1. The lowest BCUT2D eigenvalue weighted by atomic mass is 9.86. The summed E-state index contributed by atoms with van der Waals surface area (Å²) in [6.45, 7) is 0.835. The molecule has 2 aliphatic rings. The standard InChI is InChI=1S/C9H17N3O/c10-6-4-7(5-6)12-8-2-1-3-11-9(8)13/h6-8,12H,1-5,10H2,(H,11,13). The van der Waals surface area contributed by atoms with Crippen LogP contribution in [-0.4, -0.2) is 30.6 Å². The maximum Gasteiger partial charge on any atom is 0.237 e. The minimum Gasteiger partial charge on any atom is -0.355 e. The first kappa shape index (κ1) is 8.97. The maximum absolute atomic E-state index is 11.3. The zero-order valence-electron chi connectivity index (χ0n) is 7.75. The Hall–Kier alpha value is -0.610. The van der Waals surface area contributed by atoms with Gasteiger partial charge in [0, 0.05) is 18.6 Å². The van der Waals surface area contributed by atoms with Gasteiger partial charge in [0.1, 0.15) is 0 Å². The molecule has 0 aromatic rings. The van der Waals surface area contributed by atoms with Crippen molar-refractivity contribution in [3.63, 3.8) is 0 Å². The molecule has 4 N–H and O–H groups in total. The first-order chi connectivity index (χ1) is 6.25. The van der Waals surface area contributed by atoms with Gasteiger partial charge in [0.25, 0.3) is 0 Å². The summed E-state index contributed by atoms with van der Waals surface area (Å²) in [5, 5.41) is 6.21. The quantitative estimate of drug-likeness (QED) is 0.532. The molecule has 0 aromatic heterocycles. The third-order valence-electron chi connectivity index (χ3n) is 2.90. The van der Waals surface area contributed by atoms with Gasteiger partial charge in [-0.05, 0) is 25.7 Å². The topological polar surface area (TPSA) is 67.2 Å². The van der Waals surface area contributed by atoms with E-state index < -0.39 is 0 Å². The number of hydrogen-bond donors (Lipinski definition) is 3. The molecular weight excluding hydrogens is 166 g/mol. The van der Waals surface area contributed by atoms with Crippen LogP contribution in [0.4, 0.5) is 0 Å². The van der Waals surface area contributed by atoms with Crippen molar-refractivity contribution in [2.24, 2.45) is 5.73 Å². The number of nitrogens with one attached hydrogen (secondary N) is 2. The van der Waals surface area contributed by atoms with E-state index in [1.54, 1.807) is 0 Å². The molecule has 4 nitrogen and oxygen atoms in total. The van der Waals surface area contributed by atoms with Crippen LogP contribution in [0.2, 0.25) is 0 Å². The fourth-order valence-corrected chi connectivity index (χ4v) is 2.01. The molecule has 2 fully saturated rings. The zero-order chi connectivity index (χ0) is 9.26. The van der Waals surface area contributed by atoms with Gasteiger partial charge >= 0.3 is 0 Å². The molecule has 1 unspecified atom stereocenters. The number of rotatable bonds is 2. The molecule has 1 aliphatic heterocycles. The maximum atomic E-state index is 11.3. The van der Waals surface area contributed by atoms with E-state index in [1.807, 2.05) is 0 Å². The predicted molar refractivity (Wildman–Crippen MR) is 50.2 cm³/mol. The van der Waals surface area contributed by atoms with E-state index in [0.717, 1.165) is 32.2 Å². The molecule has 74 valence electrons. The number of carbonyl (C=O) groups excluding carboxylic acids is 1. The second kappa shape index (κ2) is 3.64. The lowest BCUT2D eigenvalue weighted by Crippen LogP contribution is -2.57. The third-order valence-corrected chi connectivity index (χ3v) is 2.90. The monoisotopic (exact) mass is 183 g/mol. The van der Waals surface area contributed by atoms with Crippen LogP contribution in [-0.2, 0) is 4.79 Å². The van der Waals surface area contributed by atoms with Gasteiger partial charge in [0.15, 0.2) is 0 Å². The van der Waals surface area contributed by atoms with Crippen molar-refractivity contribution in [1.29, 1.82) is 0 Å². The second-order valence-corrected chi connectivity index (χ2v) is 4.08. The Morgan fingerprint density at radius 3 is 2.85 bits per heavy atom. The fraction of sp³-hybridized carbons (Fsp3) is 0.889. The fourth-order valence-electron chi connectivity index (χ4n) is 2.01. The van der Waals surface area contributed by atoms with Crippen LogP contribution in [0.5, 0.6) is 0 Å². The van der Waals surface area contributed by atoms with Gasteiger partial charge in [-0.25, -0.2) is 0 Å². The van der Waals surface area contributed by atoms with Crippen LogP contribution in [0, 0.1) is 0 Å². The molecule has 1 amide bonds. The van der Waals surface area contributed by atoms with E-state index in [2.05, 4.69) is 10.6 Å². The normalized spacial score (nSPS) is 39.5. The largest absolute Gasteiger partial charge is 0.355 e. The molecule has 0 bridgehead atoms. The average Bonchev–Trinajstić information content (AvgIpc) is 2.06. The summed E-state index contributed by atoms with van der Waals surface area (Å²) in [5.41, 5.74) is 5.67. The Balaban J connectivity index is 1.76. The minimum atomic E-state index is 0.0336. The molecule has 1 saturated heterocycles. The molecule has 1 saturated carbocycles. The molecule has 4 heteroatoms. The molecule has 0 spiro atoms. The van der Waals surface area contributed by atoms with Gasteiger partial charge in [0.05, 0.1) is 6.04 Å². The number of carbonyl (C=O) groups is 1. The van der Waals surface area contributed by atoms with Crippen LogP contribution in [0.25, 0.3) is 0 Å². The van der Waals surface area contributed by atoms with Crippen molar-refractivity contribution < 1.29 is 4.79 Å². The Kier molecular flexibility index (Phi) is 2.51. The first-order valence-electron chi connectivity index (χ1n) is 5.05. The Bertz CT molecular complexity index is 201. The van der Waals surface area contributed by atoms with Crippen molar-refractivity contribution >= 4 is 5.91 Å². The third kappa shape index (κ3) is 2.00. The summed E-state index contributed by atoms with van der Waals surface area (Å²) in [4.78, 5) is 11.3. The van der Waals surface area contributed by atoms with Crippen LogP contribution < -0.4 is 16.4 Å². The molecule has 0 aromatic carbocycles. The van der Waals surface area contributed by atoms with Gasteiger partial charge in [-0.2, -0.15) is 0 Å². The summed E-state index contributed by atoms with van der Waals surface area (Å²) in [6, 6.07) is 0.860. The van der Waals surface area contributed by atoms with Gasteiger partial charge in [0.2, 0.25) is 5.91 Å². The summed E-state index contributed by atoms with van der Waals surface area (Å²) < 4.78 is 0. The molecule has 0 radical (unpaired) electrons. The zero-order valence-corrected chi connectivity index (χ0v) is 7.75. The van der Waals surface area contributed by atoms with Crippen molar-refractivity contribution in [2.75, 3.05) is 6.54 Å². The predicted octanol–water partition coefficient (Wildman–Crippen LogP) is -0.656. The van der Waals surface area contributed by atoms with Gasteiger partial charge in [-0.3, -0.25) is 4.79 Å². The van der Waals surface area contributed by atoms with Crippen LogP contribution in [0.3, 0.4) is 0 Å². The Morgan fingerprint density at radius 2 is 2.23 bits per heavy atom. The lowest BCUT2D eigenvalue weighted by molar-refractivity contribution is -0.124. The van der Waals surface area contributed by atoms with Crippen LogP contribution in [0.1, 0.15) is 25.7 Å². The Morgan fingerprint density at radius 1 is 1.46 bits per heavy atom. The van der Waals surface area contributed by atoms with Crippen LogP contribution in [0.15, 0.2) is 0 Å². The van der Waals surface area contributed by atoms with E-state index in [0.29, 0.717) is 12.1 Å². The first-order valence-corrected chi connectivity index (χ1v) is 5.05. The SMILES string of the molecule is NC1CC(NC2CCCNC2=O)C1. The molecule has 1 heterocycles. The second-order valence-electron chi connectivity index (χ2n) is 4.08. The van der Waals surface area contributed by atoms with E-state index in [9.17, 15) is 4.79 Å². The molecule has 13 heavy (non-hydrogen) atoms. The molecule has 1 aliphatic carbocycles. The highest BCUT2D eigenvalue weighted by Crippen LogP contribution is 2.19. The lowest BCUT2D eigenvalue weighted by Gasteiger charge is -2.36. The molecule has 2 rings (SSSR count). The highest BCUT2D eigenvalue weighted by atomic mass is 16.2. The molecular formula is C9H17N3O. The van der Waals surface area contributed by atoms with Crippen molar-refractivity contribution in [3.05, 3.63) is 0 Å². The van der Waals surface area contributed by atoms with Gasteiger partial charge in [-0.1, -0.05) is 0 Å². The average molecular weight is 183 g/mol. The number of amides is 1. The minimum absolute atomic E-state index is 0.0336. The summed E-state index contributed by atoms with van der Waals surface area (Å²) >= 11 is 0. The smallest absolute Gasteiger partial charge is 0.237 e. The highest BCUT2D eigenvalue weighted by Gasteiger charge is 2.31. The van der Waals surface area contributed by atoms with Crippen LogP contribution >= 0.6 is 0 Å². The Labute approximate surface area is 78.2 Å². The van der Waals surface area contributed by atoms with Gasteiger partial charge < -0.3 is 16.4 Å². The van der Waals surface area contributed by atoms with E-state index >= 15 is 0 Å². The van der Waals surface area contributed by atoms with Gasteiger partial charge in [-0.15, -0.1) is 0 Å². The van der Waals surface area contributed by atoms with E-state index in [-0.39, 0.29) is 11.9 Å². The van der Waals surface area contributed by atoms with Crippen molar-refractivity contribution in [1.82, 2.24) is 10.6 Å². The van der Waals surface area contributed by atoms with Crippen molar-refractivity contribution in [2.45, 2.75) is 43.8 Å². The van der Waals surface area contributed by atoms with Crippen molar-refractivity contribution in [3.8, 4) is 0 Å². The summed E-state index contributed by atoms with van der Waals surface area (Å²) in [7, 11) is 0. The van der Waals surface area contributed by atoms with E-state index in [4.69, 9.17) is 5.73 Å². The van der Waals surface area contributed by atoms with E-state index in [1.165, 1.54) is 0 Å². The molecule has 1 atom stereocenters.